The first-order chi connectivity index (χ1) is 13.4. The lowest BCUT2D eigenvalue weighted by Crippen LogP contribution is -2.60. The molecule has 2 unspecified atom stereocenters. The SMILES string of the molecule is O[C@@H]1COC(Cl)(c2ccccc2)O[C@H]1[C@@H]1OC(Cl)(c2ccccc2)OC[C@@H]1O. The van der Waals surface area contributed by atoms with Gasteiger partial charge in [-0.2, -0.15) is 0 Å². The van der Waals surface area contributed by atoms with E-state index < -0.39 is 34.9 Å². The van der Waals surface area contributed by atoms with Gasteiger partial charge in [0, 0.05) is 11.1 Å². The van der Waals surface area contributed by atoms with E-state index in [0.29, 0.717) is 11.1 Å². The Morgan fingerprint density at radius 2 is 1.04 bits per heavy atom. The third-order valence-corrected chi connectivity index (χ3v) is 5.61. The Hall–Kier alpha value is -1.22. The highest BCUT2D eigenvalue weighted by atomic mass is 35.5. The van der Waals surface area contributed by atoms with E-state index in [4.69, 9.17) is 42.1 Å². The van der Waals surface area contributed by atoms with E-state index >= 15 is 0 Å². The number of hydrogen-bond donors (Lipinski definition) is 2. The Morgan fingerprint density at radius 3 is 1.39 bits per heavy atom. The van der Waals surface area contributed by atoms with Gasteiger partial charge in [0.15, 0.2) is 0 Å². The highest BCUT2D eigenvalue weighted by molar-refractivity contribution is 6.22. The first-order valence-corrected chi connectivity index (χ1v) is 9.65. The molecule has 2 aromatic carbocycles. The number of ether oxygens (including phenoxy) is 4. The molecule has 6 atom stereocenters. The highest BCUT2D eigenvalue weighted by Gasteiger charge is 2.52. The molecule has 0 radical (unpaired) electrons. The fourth-order valence-electron chi connectivity index (χ4n) is 3.30. The maximum absolute atomic E-state index is 10.5. The minimum absolute atomic E-state index is 0.100. The van der Waals surface area contributed by atoms with Crippen molar-refractivity contribution >= 4 is 23.2 Å². The van der Waals surface area contributed by atoms with Gasteiger partial charge in [-0.3, -0.25) is 0 Å². The van der Waals surface area contributed by atoms with E-state index in [1.165, 1.54) is 0 Å². The van der Waals surface area contributed by atoms with Crippen molar-refractivity contribution in [2.45, 2.75) is 34.9 Å². The second-order valence-electron chi connectivity index (χ2n) is 6.73. The van der Waals surface area contributed by atoms with Crippen LogP contribution in [0, 0.1) is 0 Å². The van der Waals surface area contributed by atoms with Crippen molar-refractivity contribution in [1.82, 2.24) is 0 Å². The average molecular weight is 427 g/mol. The Bertz CT molecular complexity index is 726. The van der Waals surface area contributed by atoms with Gasteiger partial charge in [-0.15, -0.1) is 0 Å². The summed E-state index contributed by atoms with van der Waals surface area (Å²) in [5, 5.41) is 17.7. The van der Waals surface area contributed by atoms with Gasteiger partial charge in [0.05, 0.1) is 13.2 Å². The number of aliphatic hydroxyl groups excluding tert-OH is 2. The first-order valence-electron chi connectivity index (χ1n) is 8.90. The van der Waals surface area contributed by atoms with Crippen LogP contribution < -0.4 is 0 Å². The Kier molecular flexibility index (Phi) is 5.66. The molecule has 0 saturated carbocycles. The fourth-order valence-corrected chi connectivity index (χ4v) is 3.88. The van der Waals surface area contributed by atoms with Crippen molar-refractivity contribution in [3.8, 4) is 0 Å². The molecule has 0 bridgehead atoms. The molecule has 2 N–H and O–H groups in total. The lowest BCUT2D eigenvalue weighted by molar-refractivity contribution is -0.356. The van der Waals surface area contributed by atoms with Crippen molar-refractivity contribution in [1.29, 1.82) is 0 Å². The summed E-state index contributed by atoms with van der Waals surface area (Å²) >= 11 is 13.1. The first kappa shape index (κ1) is 20.1. The molecule has 4 rings (SSSR count). The summed E-state index contributed by atoms with van der Waals surface area (Å²) in [6, 6.07) is 17.9. The predicted octanol–water partition coefficient (Wildman–Crippen LogP) is 2.64. The van der Waals surface area contributed by atoms with E-state index in [0.717, 1.165) is 0 Å². The van der Waals surface area contributed by atoms with Crippen LogP contribution in [0.1, 0.15) is 11.1 Å². The molecular weight excluding hydrogens is 407 g/mol. The summed E-state index contributed by atoms with van der Waals surface area (Å²) in [6.07, 6.45) is -4.14. The lowest BCUT2D eigenvalue weighted by Gasteiger charge is -2.47. The fraction of sp³-hybridized carbons (Fsp3) is 0.400. The minimum atomic E-state index is -1.62. The van der Waals surface area contributed by atoms with Gasteiger partial charge in [-0.25, -0.2) is 0 Å². The number of aliphatic hydroxyl groups is 2. The van der Waals surface area contributed by atoms with Gasteiger partial charge in [-0.1, -0.05) is 83.9 Å². The van der Waals surface area contributed by atoms with E-state index in [-0.39, 0.29) is 13.2 Å². The van der Waals surface area contributed by atoms with Crippen LogP contribution in [0.2, 0.25) is 0 Å². The predicted molar refractivity (Wildman–Crippen MR) is 102 cm³/mol. The molecule has 2 heterocycles. The summed E-state index contributed by atoms with van der Waals surface area (Å²) in [6.45, 7) is -0.200. The second-order valence-corrected chi connectivity index (χ2v) is 7.72. The number of benzene rings is 2. The van der Waals surface area contributed by atoms with Crippen LogP contribution in [0.3, 0.4) is 0 Å². The molecule has 8 heteroatoms. The van der Waals surface area contributed by atoms with Crippen LogP contribution in [0.25, 0.3) is 0 Å². The van der Waals surface area contributed by atoms with Gasteiger partial charge in [0.1, 0.15) is 24.4 Å². The molecule has 0 aliphatic carbocycles. The zero-order valence-electron chi connectivity index (χ0n) is 14.8. The summed E-state index contributed by atoms with van der Waals surface area (Å²) in [5.41, 5.74) is 1.13. The molecule has 2 aliphatic heterocycles. The highest BCUT2D eigenvalue weighted by Crippen LogP contribution is 2.43. The topological polar surface area (TPSA) is 77.4 Å². The molecular formula is C20H20Cl2O6. The van der Waals surface area contributed by atoms with Gasteiger partial charge in [0.25, 0.3) is 10.5 Å². The molecule has 28 heavy (non-hydrogen) atoms. The third-order valence-electron chi connectivity index (χ3n) is 4.77. The summed E-state index contributed by atoms with van der Waals surface area (Å²) in [7, 11) is 0. The Balaban J connectivity index is 1.60. The van der Waals surface area contributed by atoms with Crippen molar-refractivity contribution in [2.75, 3.05) is 13.2 Å². The maximum atomic E-state index is 10.5. The zero-order chi connectivity index (χ0) is 19.8. The molecule has 6 nitrogen and oxygen atoms in total. The number of rotatable bonds is 3. The summed E-state index contributed by atoms with van der Waals surface area (Å²) in [5.74, 6) is 0. The largest absolute Gasteiger partial charge is 0.388 e. The third kappa shape index (κ3) is 3.79. The average Bonchev–Trinajstić information content (AvgIpc) is 2.73. The van der Waals surface area contributed by atoms with Crippen molar-refractivity contribution in [3.63, 3.8) is 0 Å². The van der Waals surface area contributed by atoms with Crippen molar-refractivity contribution < 1.29 is 29.2 Å². The van der Waals surface area contributed by atoms with Crippen LogP contribution in [0.15, 0.2) is 60.7 Å². The zero-order valence-corrected chi connectivity index (χ0v) is 16.3. The summed E-state index contributed by atoms with van der Waals surface area (Å²) < 4.78 is 22.9. The minimum Gasteiger partial charge on any atom is -0.388 e. The monoisotopic (exact) mass is 426 g/mol. The van der Waals surface area contributed by atoms with Crippen LogP contribution in [0.4, 0.5) is 0 Å². The Labute approximate surface area is 172 Å². The van der Waals surface area contributed by atoms with Gasteiger partial charge >= 0.3 is 0 Å². The molecule has 0 amide bonds. The van der Waals surface area contributed by atoms with Crippen molar-refractivity contribution in [3.05, 3.63) is 71.8 Å². The van der Waals surface area contributed by atoms with Gasteiger partial charge < -0.3 is 29.2 Å². The molecule has 2 aliphatic rings. The molecule has 150 valence electrons. The maximum Gasteiger partial charge on any atom is 0.276 e. The van der Waals surface area contributed by atoms with Crippen LogP contribution in [0.5, 0.6) is 0 Å². The molecule has 2 saturated heterocycles. The van der Waals surface area contributed by atoms with Gasteiger partial charge in [0.2, 0.25) is 0 Å². The van der Waals surface area contributed by atoms with E-state index in [1.807, 2.05) is 12.1 Å². The molecule has 2 aromatic rings. The quantitative estimate of drug-likeness (QED) is 0.734. The number of hydrogen-bond acceptors (Lipinski definition) is 6. The molecule has 2 fully saturated rings. The Morgan fingerprint density at radius 1 is 0.679 bits per heavy atom. The molecule has 0 spiro atoms. The number of alkyl halides is 2. The van der Waals surface area contributed by atoms with Crippen LogP contribution in [-0.4, -0.2) is 47.8 Å². The van der Waals surface area contributed by atoms with Crippen LogP contribution in [-0.2, 0) is 29.4 Å². The van der Waals surface area contributed by atoms with Gasteiger partial charge in [-0.05, 0) is 0 Å². The molecule has 0 aromatic heterocycles. The van der Waals surface area contributed by atoms with E-state index in [1.54, 1.807) is 48.5 Å². The van der Waals surface area contributed by atoms with Crippen LogP contribution >= 0.6 is 23.2 Å². The lowest BCUT2D eigenvalue weighted by atomic mass is 10.0. The van der Waals surface area contributed by atoms with E-state index in [2.05, 4.69) is 0 Å². The second kappa shape index (κ2) is 7.89. The smallest absolute Gasteiger partial charge is 0.276 e. The van der Waals surface area contributed by atoms with Crippen molar-refractivity contribution in [2.24, 2.45) is 0 Å². The summed E-state index contributed by atoms with van der Waals surface area (Å²) in [4.78, 5) is 0. The normalized spacial score (nSPS) is 38.9. The number of halogens is 2. The van der Waals surface area contributed by atoms with E-state index in [9.17, 15) is 10.2 Å². The standard InChI is InChI=1S/C20H20Cl2O6/c21-19(13-7-3-1-4-8-13)25-11-15(23)17(27-19)18-16(24)12-26-20(22,28-18)14-9-5-2-6-10-14/h1-10,15-18,23-24H,11-12H2/t15-,16+,17-,18-,19?,20?/m1/s1.